The van der Waals surface area contributed by atoms with E-state index in [0.717, 1.165) is 17.4 Å². The van der Waals surface area contributed by atoms with Crippen molar-refractivity contribution in [3.63, 3.8) is 0 Å². The molecule has 1 aliphatic rings. The minimum absolute atomic E-state index is 0.0363. The van der Waals surface area contributed by atoms with Crippen molar-refractivity contribution < 1.29 is 4.74 Å². The van der Waals surface area contributed by atoms with E-state index in [4.69, 9.17) is 10.5 Å². The van der Waals surface area contributed by atoms with Gasteiger partial charge in [-0.1, -0.05) is 0 Å². The van der Waals surface area contributed by atoms with Crippen LogP contribution in [0.2, 0.25) is 0 Å². The van der Waals surface area contributed by atoms with Crippen LogP contribution in [0.5, 0.6) is 5.75 Å². The van der Waals surface area contributed by atoms with Crippen molar-refractivity contribution in [2.75, 3.05) is 19.0 Å². The Morgan fingerprint density at radius 3 is 2.44 bits per heavy atom. The largest absolute Gasteiger partial charge is 0.497 e. The number of anilines is 1. The molecule has 1 saturated carbocycles. The SMILES string of the molecule is COc1ccc(NC(C)(CN)C2CC2)cc1. The van der Waals surface area contributed by atoms with Gasteiger partial charge in [0.2, 0.25) is 0 Å². The Morgan fingerprint density at radius 1 is 1.38 bits per heavy atom. The first-order chi connectivity index (χ1) is 7.68. The Hall–Kier alpha value is -1.22. The van der Waals surface area contributed by atoms with E-state index in [1.165, 1.54) is 12.8 Å². The highest BCUT2D eigenvalue weighted by molar-refractivity contribution is 5.48. The Balaban J connectivity index is 2.06. The first kappa shape index (κ1) is 11.3. The van der Waals surface area contributed by atoms with Crippen molar-refractivity contribution in [2.45, 2.75) is 25.3 Å². The van der Waals surface area contributed by atoms with Gasteiger partial charge in [0.25, 0.3) is 0 Å². The average molecular weight is 220 g/mol. The molecule has 3 heteroatoms. The third-order valence-electron chi connectivity index (χ3n) is 3.42. The molecule has 1 fully saturated rings. The molecule has 0 aliphatic heterocycles. The maximum absolute atomic E-state index is 5.86. The Morgan fingerprint density at radius 2 is 2.00 bits per heavy atom. The maximum atomic E-state index is 5.86. The van der Waals surface area contributed by atoms with Crippen LogP contribution in [0.4, 0.5) is 5.69 Å². The van der Waals surface area contributed by atoms with E-state index >= 15 is 0 Å². The maximum Gasteiger partial charge on any atom is 0.119 e. The fourth-order valence-corrected chi connectivity index (χ4v) is 2.04. The third-order valence-corrected chi connectivity index (χ3v) is 3.42. The van der Waals surface area contributed by atoms with Gasteiger partial charge in [0.15, 0.2) is 0 Å². The molecule has 3 N–H and O–H groups in total. The van der Waals surface area contributed by atoms with Gasteiger partial charge in [-0.15, -0.1) is 0 Å². The van der Waals surface area contributed by atoms with Crippen LogP contribution >= 0.6 is 0 Å². The van der Waals surface area contributed by atoms with Gasteiger partial charge in [0, 0.05) is 17.8 Å². The third kappa shape index (κ3) is 2.30. The van der Waals surface area contributed by atoms with Crippen molar-refractivity contribution in [2.24, 2.45) is 11.7 Å². The van der Waals surface area contributed by atoms with Gasteiger partial charge in [-0.25, -0.2) is 0 Å². The number of benzene rings is 1. The number of hydrogen-bond acceptors (Lipinski definition) is 3. The summed E-state index contributed by atoms with van der Waals surface area (Å²) >= 11 is 0. The van der Waals surface area contributed by atoms with E-state index < -0.39 is 0 Å². The number of nitrogens with one attached hydrogen (secondary N) is 1. The molecular weight excluding hydrogens is 200 g/mol. The van der Waals surface area contributed by atoms with Crippen LogP contribution in [-0.2, 0) is 0 Å². The highest BCUT2D eigenvalue weighted by atomic mass is 16.5. The first-order valence-electron chi connectivity index (χ1n) is 5.80. The number of nitrogens with two attached hydrogens (primary N) is 1. The monoisotopic (exact) mass is 220 g/mol. The molecule has 0 heterocycles. The second kappa shape index (κ2) is 4.34. The lowest BCUT2D eigenvalue weighted by Crippen LogP contribution is -2.44. The minimum Gasteiger partial charge on any atom is -0.497 e. The minimum atomic E-state index is 0.0363. The summed E-state index contributed by atoms with van der Waals surface area (Å²) in [5.41, 5.74) is 7.01. The molecule has 16 heavy (non-hydrogen) atoms. The second-order valence-corrected chi connectivity index (χ2v) is 4.75. The Bertz CT molecular complexity index is 345. The van der Waals surface area contributed by atoms with E-state index in [9.17, 15) is 0 Å². The van der Waals surface area contributed by atoms with Crippen LogP contribution in [0, 0.1) is 5.92 Å². The van der Waals surface area contributed by atoms with Gasteiger partial charge in [-0.05, 0) is 49.9 Å². The fourth-order valence-electron chi connectivity index (χ4n) is 2.04. The summed E-state index contributed by atoms with van der Waals surface area (Å²) in [5.74, 6) is 1.60. The molecule has 1 aromatic carbocycles. The van der Waals surface area contributed by atoms with Gasteiger partial charge in [-0.2, -0.15) is 0 Å². The zero-order chi connectivity index (χ0) is 11.6. The van der Waals surface area contributed by atoms with Crippen molar-refractivity contribution in [1.82, 2.24) is 0 Å². The predicted molar refractivity (Wildman–Crippen MR) is 66.8 cm³/mol. The summed E-state index contributed by atoms with van der Waals surface area (Å²) in [6.07, 6.45) is 2.58. The van der Waals surface area contributed by atoms with Crippen LogP contribution in [0.1, 0.15) is 19.8 Å². The molecule has 0 saturated heterocycles. The summed E-state index contributed by atoms with van der Waals surface area (Å²) in [7, 11) is 1.68. The van der Waals surface area contributed by atoms with E-state index in [1.54, 1.807) is 7.11 Å². The summed E-state index contributed by atoms with van der Waals surface area (Å²) in [6, 6.07) is 8.00. The number of methoxy groups -OCH3 is 1. The Kier molecular flexibility index (Phi) is 3.06. The molecule has 0 bridgehead atoms. The lowest BCUT2D eigenvalue weighted by molar-refractivity contribution is 0.414. The van der Waals surface area contributed by atoms with Gasteiger partial charge in [-0.3, -0.25) is 0 Å². The molecule has 1 aliphatic carbocycles. The average Bonchev–Trinajstić information content (AvgIpc) is 3.14. The first-order valence-corrected chi connectivity index (χ1v) is 5.80. The molecule has 1 aromatic rings. The van der Waals surface area contributed by atoms with Crippen LogP contribution in [0.15, 0.2) is 24.3 Å². The van der Waals surface area contributed by atoms with Crippen molar-refractivity contribution in [3.05, 3.63) is 24.3 Å². The molecule has 1 unspecified atom stereocenters. The highest BCUT2D eigenvalue weighted by Crippen LogP contribution is 2.40. The molecule has 0 radical (unpaired) electrons. The Labute approximate surface area is 97.0 Å². The van der Waals surface area contributed by atoms with Crippen LogP contribution in [0.25, 0.3) is 0 Å². The van der Waals surface area contributed by atoms with Crippen molar-refractivity contribution >= 4 is 5.69 Å². The smallest absolute Gasteiger partial charge is 0.119 e. The molecule has 0 spiro atoms. The fraction of sp³-hybridized carbons (Fsp3) is 0.538. The number of hydrogen-bond donors (Lipinski definition) is 2. The lowest BCUT2D eigenvalue weighted by Gasteiger charge is -2.30. The van der Waals surface area contributed by atoms with Gasteiger partial charge >= 0.3 is 0 Å². The van der Waals surface area contributed by atoms with Crippen LogP contribution < -0.4 is 15.8 Å². The predicted octanol–water partition coefficient (Wildman–Crippen LogP) is 2.23. The number of rotatable bonds is 5. The standard InChI is InChI=1S/C13H20N2O/c1-13(9-14,10-3-4-10)15-11-5-7-12(16-2)8-6-11/h5-8,10,15H,3-4,9,14H2,1-2H3. The molecule has 1 atom stereocenters. The summed E-state index contributed by atoms with van der Waals surface area (Å²) in [5, 5.41) is 3.54. The molecule has 3 nitrogen and oxygen atoms in total. The lowest BCUT2D eigenvalue weighted by atomic mass is 9.95. The highest BCUT2D eigenvalue weighted by Gasteiger charge is 2.40. The van der Waals surface area contributed by atoms with Gasteiger partial charge in [0.05, 0.1) is 7.11 Å². The van der Waals surface area contributed by atoms with Gasteiger partial charge in [0.1, 0.15) is 5.75 Å². The second-order valence-electron chi connectivity index (χ2n) is 4.75. The van der Waals surface area contributed by atoms with Crippen LogP contribution in [0.3, 0.4) is 0 Å². The van der Waals surface area contributed by atoms with E-state index in [2.05, 4.69) is 12.2 Å². The van der Waals surface area contributed by atoms with Crippen molar-refractivity contribution in [3.8, 4) is 5.75 Å². The van der Waals surface area contributed by atoms with Crippen LogP contribution in [-0.4, -0.2) is 19.2 Å². The zero-order valence-electron chi connectivity index (χ0n) is 9.99. The van der Waals surface area contributed by atoms with E-state index in [1.807, 2.05) is 24.3 Å². The molecule has 0 aromatic heterocycles. The zero-order valence-corrected chi connectivity index (χ0v) is 9.99. The van der Waals surface area contributed by atoms with E-state index in [0.29, 0.717) is 6.54 Å². The quantitative estimate of drug-likeness (QED) is 0.800. The van der Waals surface area contributed by atoms with Gasteiger partial charge < -0.3 is 15.8 Å². The van der Waals surface area contributed by atoms with Crippen molar-refractivity contribution in [1.29, 1.82) is 0 Å². The summed E-state index contributed by atoms with van der Waals surface area (Å²) in [6.45, 7) is 2.87. The molecule has 0 amide bonds. The normalized spacial score (nSPS) is 18.9. The summed E-state index contributed by atoms with van der Waals surface area (Å²) in [4.78, 5) is 0. The molecular formula is C13H20N2O. The molecule has 88 valence electrons. The topological polar surface area (TPSA) is 47.3 Å². The summed E-state index contributed by atoms with van der Waals surface area (Å²) < 4.78 is 5.13. The molecule has 2 rings (SSSR count). The van der Waals surface area contributed by atoms with E-state index in [-0.39, 0.29) is 5.54 Å². The number of ether oxygens (including phenoxy) is 1.